The Kier molecular flexibility index (Phi) is 4.05. The second-order valence-electron chi connectivity index (χ2n) is 4.15. The number of aromatic nitrogens is 2. The minimum Gasteiger partial charge on any atom is -0.381 e. The van der Waals surface area contributed by atoms with E-state index in [0.29, 0.717) is 6.54 Å². The lowest BCUT2D eigenvalue weighted by Crippen LogP contribution is -2.24. The first-order valence-electron chi connectivity index (χ1n) is 6.00. The van der Waals surface area contributed by atoms with Crippen LogP contribution in [-0.4, -0.2) is 18.2 Å². The first-order valence-corrected chi connectivity index (χ1v) is 7.48. The Balaban J connectivity index is 2.19. The average molecular weight is 298 g/mol. The Morgan fingerprint density at radius 1 is 1.40 bits per heavy atom. The number of nitrogens with two attached hydrogens (primary N) is 1. The zero-order valence-corrected chi connectivity index (χ0v) is 11.7. The van der Waals surface area contributed by atoms with Gasteiger partial charge >= 0.3 is 0 Å². The molecule has 0 atom stereocenters. The molecule has 3 N–H and O–H groups in total. The third kappa shape index (κ3) is 2.97. The van der Waals surface area contributed by atoms with Crippen LogP contribution in [0.1, 0.15) is 12.5 Å². The molecule has 1 aromatic heterocycles. The van der Waals surface area contributed by atoms with Crippen LogP contribution in [0.25, 0.3) is 0 Å². The summed E-state index contributed by atoms with van der Waals surface area (Å²) >= 11 is 0. The van der Waals surface area contributed by atoms with Crippen molar-refractivity contribution in [2.45, 2.75) is 24.9 Å². The number of halogens is 1. The normalized spacial score (nSPS) is 11.7. The predicted molar refractivity (Wildman–Crippen MR) is 72.7 cm³/mol. The first-order chi connectivity index (χ1) is 9.44. The number of hydrogen-bond acceptors (Lipinski definition) is 4. The molecule has 0 spiro atoms. The number of benzene rings is 1. The summed E-state index contributed by atoms with van der Waals surface area (Å²) in [5.41, 5.74) is 5.84. The molecule has 0 aliphatic rings. The number of nitrogens with one attached hydrogen (secondary N) is 1. The quantitative estimate of drug-likeness (QED) is 0.865. The van der Waals surface area contributed by atoms with Gasteiger partial charge in [0.05, 0.1) is 0 Å². The third-order valence-corrected chi connectivity index (χ3v) is 4.20. The Hall–Kier alpha value is -1.93. The molecule has 1 aromatic carbocycles. The number of anilines is 1. The van der Waals surface area contributed by atoms with Crippen molar-refractivity contribution in [3.63, 3.8) is 0 Å². The molecule has 20 heavy (non-hydrogen) atoms. The summed E-state index contributed by atoms with van der Waals surface area (Å²) in [7, 11) is -3.82. The number of hydrogen-bond donors (Lipinski definition) is 2. The maximum atomic E-state index is 13.4. The van der Waals surface area contributed by atoms with Gasteiger partial charge in [-0.3, -0.25) is 4.68 Å². The van der Waals surface area contributed by atoms with Gasteiger partial charge in [0.2, 0.25) is 10.0 Å². The topological polar surface area (TPSA) is 90.0 Å². The molecule has 2 aromatic rings. The molecule has 0 saturated heterocycles. The van der Waals surface area contributed by atoms with Crippen LogP contribution in [0.4, 0.5) is 10.2 Å². The van der Waals surface area contributed by atoms with Gasteiger partial charge in [0, 0.05) is 24.8 Å². The molecule has 0 unspecified atom stereocenters. The van der Waals surface area contributed by atoms with E-state index >= 15 is 0 Å². The molecule has 108 valence electrons. The Morgan fingerprint density at radius 2 is 2.10 bits per heavy atom. The van der Waals surface area contributed by atoms with Crippen LogP contribution < -0.4 is 10.5 Å². The lowest BCUT2D eigenvalue weighted by Gasteiger charge is -2.06. The zero-order valence-electron chi connectivity index (χ0n) is 10.9. The first kappa shape index (κ1) is 14.5. The summed E-state index contributed by atoms with van der Waals surface area (Å²) in [6.07, 6.45) is 1.35. The molecule has 2 rings (SSSR count). The van der Waals surface area contributed by atoms with Crippen molar-refractivity contribution in [2.24, 2.45) is 0 Å². The lowest BCUT2D eigenvalue weighted by atomic mass is 10.2. The van der Waals surface area contributed by atoms with Gasteiger partial charge in [-0.15, -0.1) is 0 Å². The molecule has 0 radical (unpaired) electrons. The fraction of sp³-hybridized carbons (Fsp3) is 0.250. The second kappa shape index (κ2) is 5.59. The van der Waals surface area contributed by atoms with Gasteiger partial charge < -0.3 is 5.73 Å². The van der Waals surface area contributed by atoms with Crippen LogP contribution in [-0.2, 0) is 23.1 Å². The summed E-state index contributed by atoms with van der Waals surface area (Å²) < 4.78 is 41.4. The van der Waals surface area contributed by atoms with Crippen molar-refractivity contribution in [1.29, 1.82) is 0 Å². The smallest absolute Gasteiger partial charge is 0.246 e. The third-order valence-electron chi connectivity index (χ3n) is 2.78. The molecule has 6 nitrogen and oxygen atoms in total. The van der Waals surface area contributed by atoms with E-state index in [4.69, 9.17) is 5.73 Å². The molecule has 0 saturated carbocycles. The van der Waals surface area contributed by atoms with Crippen LogP contribution >= 0.6 is 0 Å². The lowest BCUT2D eigenvalue weighted by molar-refractivity contribution is 0.574. The zero-order chi connectivity index (χ0) is 14.8. The van der Waals surface area contributed by atoms with Gasteiger partial charge in [0.25, 0.3) is 0 Å². The summed E-state index contributed by atoms with van der Waals surface area (Å²) in [5.74, 6) is -0.541. The highest BCUT2D eigenvalue weighted by Gasteiger charge is 2.21. The maximum Gasteiger partial charge on any atom is 0.246 e. The van der Waals surface area contributed by atoms with Crippen molar-refractivity contribution in [3.05, 3.63) is 41.8 Å². The van der Waals surface area contributed by atoms with Crippen molar-refractivity contribution in [3.8, 4) is 0 Å². The van der Waals surface area contributed by atoms with E-state index in [0.717, 1.165) is 0 Å². The van der Waals surface area contributed by atoms with E-state index in [2.05, 4.69) is 9.82 Å². The highest BCUT2D eigenvalue weighted by atomic mass is 32.2. The number of rotatable bonds is 5. The number of nitrogen functional groups attached to an aromatic ring is 1. The molecule has 0 fully saturated rings. The molecule has 0 aliphatic heterocycles. The van der Waals surface area contributed by atoms with E-state index in [9.17, 15) is 12.8 Å². The molecule has 0 amide bonds. The highest BCUT2D eigenvalue weighted by molar-refractivity contribution is 7.89. The van der Waals surface area contributed by atoms with E-state index in [1.54, 1.807) is 6.07 Å². The van der Waals surface area contributed by atoms with Gasteiger partial charge in [0.1, 0.15) is 10.7 Å². The van der Waals surface area contributed by atoms with Gasteiger partial charge in [-0.2, -0.15) is 5.10 Å². The van der Waals surface area contributed by atoms with Crippen molar-refractivity contribution in [2.75, 3.05) is 5.73 Å². The number of aryl methyl sites for hydroxylation is 1. The SMILES string of the molecule is CCn1cc(S(=O)(=O)NCc2ccccc2F)c(N)n1. The number of nitrogens with zero attached hydrogens (tertiary/aromatic N) is 2. The maximum absolute atomic E-state index is 13.4. The van der Waals surface area contributed by atoms with Crippen LogP contribution in [0, 0.1) is 5.82 Å². The van der Waals surface area contributed by atoms with Crippen molar-refractivity contribution in [1.82, 2.24) is 14.5 Å². The van der Waals surface area contributed by atoms with Gasteiger partial charge in [-0.05, 0) is 13.0 Å². The minimum atomic E-state index is -3.82. The van der Waals surface area contributed by atoms with Gasteiger partial charge in [-0.1, -0.05) is 18.2 Å². The Morgan fingerprint density at radius 3 is 2.70 bits per heavy atom. The summed E-state index contributed by atoms with van der Waals surface area (Å²) in [4.78, 5) is -0.101. The Labute approximate surface area is 116 Å². The van der Waals surface area contributed by atoms with Gasteiger partial charge in [-0.25, -0.2) is 17.5 Å². The number of sulfonamides is 1. The summed E-state index contributed by atoms with van der Waals surface area (Å²) in [5, 5.41) is 3.87. The van der Waals surface area contributed by atoms with E-state index in [1.165, 1.54) is 29.1 Å². The fourth-order valence-electron chi connectivity index (χ4n) is 1.68. The Bertz CT molecular complexity index is 712. The van der Waals surface area contributed by atoms with E-state index in [-0.39, 0.29) is 22.8 Å². The molecule has 8 heteroatoms. The molecule has 0 bridgehead atoms. The van der Waals surface area contributed by atoms with E-state index in [1.807, 2.05) is 6.92 Å². The molecular formula is C12H15FN4O2S. The van der Waals surface area contributed by atoms with Crippen LogP contribution in [0.5, 0.6) is 0 Å². The largest absolute Gasteiger partial charge is 0.381 e. The van der Waals surface area contributed by atoms with Crippen LogP contribution in [0.2, 0.25) is 0 Å². The minimum absolute atomic E-state index is 0.0760. The summed E-state index contributed by atoms with van der Waals surface area (Å²) in [6.45, 7) is 2.17. The van der Waals surface area contributed by atoms with Crippen molar-refractivity contribution >= 4 is 15.8 Å². The van der Waals surface area contributed by atoms with Crippen molar-refractivity contribution < 1.29 is 12.8 Å². The molecular weight excluding hydrogens is 283 g/mol. The van der Waals surface area contributed by atoms with Crippen LogP contribution in [0.3, 0.4) is 0 Å². The highest BCUT2D eigenvalue weighted by Crippen LogP contribution is 2.16. The van der Waals surface area contributed by atoms with Gasteiger partial charge in [0.15, 0.2) is 5.82 Å². The van der Waals surface area contributed by atoms with E-state index < -0.39 is 15.8 Å². The standard InChI is InChI=1S/C12H15FN4O2S/c1-2-17-8-11(12(14)16-17)20(18,19)15-7-9-5-3-4-6-10(9)13/h3-6,8,15H,2,7H2,1H3,(H2,14,16). The van der Waals surface area contributed by atoms with Crippen LogP contribution in [0.15, 0.2) is 35.4 Å². The monoisotopic (exact) mass is 298 g/mol. The molecule has 0 aliphatic carbocycles. The second-order valence-corrected chi connectivity index (χ2v) is 5.89. The predicted octanol–water partition coefficient (Wildman–Crippen LogP) is 1.10. The average Bonchev–Trinajstić information content (AvgIpc) is 2.80. The fourth-order valence-corrected chi connectivity index (χ4v) is 2.76. The molecule has 1 heterocycles. The summed E-state index contributed by atoms with van der Waals surface area (Å²) in [6, 6.07) is 5.95.